The van der Waals surface area contributed by atoms with Crippen LogP contribution in [0.25, 0.3) is 0 Å². The molecule has 0 unspecified atom stereocenters. The van der Waals surface area contributed by atoms with Gasteiger partial charge < -0.3 is 5.32 Å². The van der Waals surface area contributed by atoms with Crippen molar-refractivity contribution in [2.24, 2.45) is 0 Å². The average Bonchev–Trinajstić information content (AvgIpc) is 2.77. The summed E-state index contributed by atoms with van der Waals surface area (Å²) in [5.41, 5.74) is 0. The van der Waals surface area contributed by atoms with Crippen molar-refractivity contribution in [3.63, 3.8) is 0 Å². The minimum atomic E-state index is -3.76. The summed E-state index contributed by atoms with van der Waals surface area (Å²) in [7, 11) is -3.76. The van der Waals surface area contributed by atoms with Gasteiger partial charge in [-0.3, -0.25) is 4.79 Å². The van der Waals surface area contributed by atoms with Gasteiger partial charge in [-0.05, 0) is 6.42 Å². The lowest BCUT2D eigenvalue weighted by Gasteiger charge is -2.16. The fourth-order valence-electron chi connectivity index (χ4n) is 1.26. The summed E-state index contributed by atoms with van der Waals surface area (Å²) in [6, 6.07) is 0. The zero-order valence-electron chi connectivity index (χ0n) is 10.6. The highest BCUT2D eigenvalue weighted by Crippen LogP contribution is 2.23. The molecule has 104 valence electrons. The quantitative estimate of drug-likeness (QED) is 0.611. The van der Waals surface area contributed by atoms with E-state index in [-0.39, 0.29) is 21.9 Å². The number of carbonyl (C=O) groups excluding carboxylic acids is 1. The number of anilines is 1. The van der Waals surface area contributed by atoms with Gasteiger partial charge in [0.25, 0.3) is 10.0 Å². The number of hydrogen-bond acceptors (Lipinski definition) is 6. The molecule has 0 radical (unpaired) electrons. The molecule has 0 saturated carbocycles. The Balaban J connectivity index is 3.01. The lowest BCUT2D eigenvalue weighted by molar-refractivity contribution is -0.114. The van der Waals surface area contributed by atoms with E-state index in [1.54, 1.807) is 0 Å². The molecule has 7 nitrogen and oxygen atoms in total. The minimum Gasteiger partial charge on any atom is -0.301 e. The highest BCUT2D eigenvalue weighted by atomic mass is 32.2. The molecule has 0 aliphatic heterocycles. The molecular formula is C10H14N4O3S2. The van der Waals surface area contributed by atoms with Gasteiger partial charge in [0.15, 0.2) is 0 Å². The number of rotatable bonds is 6. The van der Waals surface area contributed by atoms with Gasteiger partial charge in [-0.2, -0.15) is 4.31 Å². The van der Waals surface area contributed by atoms with Crippen LogP contribution in [-0.4, -0.2) is 41.9 Å². The number of aromatic nitrogens is 2. The molecule has 1 aromatic rings. The van der Waals surface area contributed by atoms with Crippen molar-refractivity contribution in [1.29, 1.82) is 0 Å². The van der Waals surface area contributed by atoms with E-state index in [2.05, 4.69) is 21.4 Å². The third-order valence-corrected chi connectivity index (χ3v) is 5.02. The third kappa shape index (κ3) is 3.99. The molecule has 19 heavy (non-hydrogen) atoms. The lowest BCUT2D eigenvalue weighted by Crippen LogP contribution is -2.32. The summed E-state index contributed by atoms with van der Waals surface area (Å²) in [6.07, 6.45) is 5.80. The fraction of sp³-hybridized carbons (Fsp3) is 0.500. The maximum Gasteiger partial charge on any atom is 0.273 e. The van der Waals surface area contributed by atoms with Crippen molar-refractivity contribution in [1.82, 2.24) is 14.5 Å². The first kappa shape index (κ1) is 15.6. The van der Waals surface area contributed by atoms with Gasteiger partial charge in [-0.1, -0.05) is 24.2 Å². The molecule has 0 aliphatic carbocycles. The first-order chi connectivity index (χ1) is 8.91. The molecule has 0 aromatic carbocycles. The molecule has 0 spiro atoms. The van der Waals surface area contributed by atoms with Crippen LogP contribution in [0.3, 0.4) is 0 Å². The smallest absolute Gasteiger partial charge is 0.273 e. The molecule has 0 fully saturated rings. The number of carbonyl (C=O) groups is 1. The largest absolute Gasteiger partial charge is 0.301 e. The number of sulfonamides is 1. The number of nitrogens with one attached hydrogen (secondary N) is 1. The summed E-state index contributed by atoms with van der Waals surface area (Å²) >= 11 is 0.796. The Morgan fingerprint density at radius 1 is 1.53 bits per heavy atom. The van der Waals surface area contributed by atoms with Crippen LogP contribution in [0.5, 0.6) is 0 Å². The van der Waals surface area contributed by atoms with Gasteiger partial charge in [0.2, 0.25) is 15.4 Å². The van der Waals surface area contributed by atoms with Crippen LogP contribution < -0.4 is 5.32 Å². The molecule has 1 heterocycles. The van der Waals surface area contributed by atoms with E-state index in [9.17, 15) is 13.2 Å². The predicted octanol–water partition coefficient (Wildman–Crippen LogP) is 0.530. The topological polar surface area (TPSA) is 92.3 Å². The van der Waals surface area contributed by atoms with Gasteiger partial charge in [0.05, 0.1) is 6.54 Å². The van der Waals surface area contributed by atoms with Gasteiger partial charge >= 0.3 is 0 Å². The Kier molecular flexibility index (Phi) is 5.41. The normalized spacial score (nSPS) is 11.3. The van der Waals surface area contributed by atoms with Crippen LogP contribution >= 0.6 is 11.3 Å². The zero-order valence-corrected chi connectivity index (χ0v) is 12.2. The van der Waals surface area contributed by atoms with Crippen LogP contribution in [0.4, 0.5) is 5.13 Å². The van der Waals surface area contributed by atoms with Crippen LogP contribution in [0.1, 0.15) is 20.3 Å². The molecule has 1 aromatic heterocycles. The number of hydrogen-bond donors (Lipinski definition) is 1. The summed E-state index contributed by atoms with van der Waals surface area (Å²) in [4.78, 5) is 10.9. The van der Waals surface area contributed by atoms with E-state index in [1.165, 1.54) is 6.92 Å². The second-order valence-corrected chi connectivity index (χ2v) is 6.69. The van der Waals surface area contributed by atoms with Crippen molar-refractivity contribution >= 4 is 32.4 Å². The highest BCUT2D eigenvalue weighted by Gasteiger charge is 2.27. The second-order valence-electron chi connectivity index (χ2n) is 3.60. The van der Waals surface area contributed by atoms with Crippen molar-refractivity contribution in [2.45, 2.75) is 24.6 Å². The van der Waals surface area contributed by atoms with Crippen LogP contribution in [0.2, 0.25) is 0 Å². The van der Waals surface area contributed by atoms with Crippen LogP contribution in [0, 0.1) is 12.3 Å². The Morgan fingerprint density at radius 2 is 2.21 bits per heavy atom. The summed E-state index contributed by atoms with van der Waals surface area (Å²) in [5, 5.41) is 9.71. The van der Waals surface area contributed by atoms with Gasteiger partial charge in [-0.15, -0.1) is 16.6 Å². The average molecular weight is 302 g/mol. The Hall–Kier alpha value is -1.50. The van der Waals surface area contributed by atoms with E-state index < -0.39 is 10.0 Å². The van der Waals surface area contributed by atoms with Crippen LogP contribution in [-0.2, 0) is 14.8 Å². The Morgan fingerprint density at radius 3 is 2.74 bits per heavy atom. The summed E-state index contributed by atoms with van der Waals surface area (Å²) in [5.74, 6) is 1.96. The van der Waals surface area contributed by atoms with Gasteiger partial charge in [0.1, 0.15) is 0 Å². The van der Waals surface area contributed by atoms with E-state index in [1.807, 2.05) is 6.92 Å². The molecule has 9 heteroatoms. The first-order valence-electron chi connectivity index (χ1n) is 5.46. The van der Waals surface area contributed by atoms with Gasteiger partial charge in [-0.25, -0.2) is 8.42 Å². The molecular weight excluding hydrogens is 288 g/mol. The molecule has 0 aliphatic rings. The maximum absolute atomic E-state index is 12.2. The van der Waals surface area contributed by atoms with Crippen molar-refractivity contribution in [2.75, 3.05) is 18.4 Å². The van der Waals surface area contributed by atoms with E-state index in [0.29, 0.717) is 13.0 Å². The Labute approximate surface area is 116 Å². The van der Waals surface area contributed by atoms with Crippen molar-refractivity contribution in [3.05, 3.63) is 0 Å². The standard InChI is InChI=1S/C10H14N4O3S2/c1-4-6-14(7-5-2)19(16,17)10-13-12-9(18-10)11-8(3)15/h1H,5-7H2,2-3H3,(H,11,12,15). The lowest BCUT2D eigenvalue weighted by atomic mass is 10.5. The zero-order chi connectivity index (χ0) is 14.5. The van der Waals surface area contributed by atoms with E-state index in [4.69, 9.17) is 6.42 Å². The van der Waals surface area contributed by atoms with Crippen molar-refractivity contribution < 1.29 is 13.2 Å². The molecule has 0 saturated heterocycles. The number of terminal acetylenes is 1. The summed E-state index contributed by atoms with van der Waals surface area (Å²) in [6.45, 7) is 3.44. The molecule has 0 bridgehead atoms. The van der Waals surface area contributed by atoms with Crippen molar-refractivity contribution in [3.8, 4) is 12.3 Å². The Bertz CT molecular complexity index is 588. The minimum absolute atomic E-state index is 0.0226. The second kappa shape index (κ2) is 6.60. The first-order valence-corrected chi connectivity index (χ1v) is 7.72. The highest BCUT2D eigenvalue weighted by molar-refractivity contribution is 7.91. The number of amides is 1. The maximum atomic E-state index is 12.2. The van der Waals surface area contributed by atoms with Gasteiger partial charge in [0, 0.05) is 13.5 Å². The van der Waals surface area contributed by atoms with E-state index >= 15 is 0 Å². The predicted molar refractivity (Wildman–Crippen MR) is 72.1 cm³/mol. The molecule has 0 atom stereocenters. The van der Waals surface area contributed by atoms with Crippen LogP contribution in [0.15, 0.2) is 4.34 Å². The third-order valence-electron chi connectivity index (χ3n) is 1.99. The van der Waals surface area contributed by atoms with E-state index in [0.717, 1.165) is 15.6 Å². The molecule has 1 amide bonds. The fourth-order valence-corrected chi connectivity index (χ4v) is 3.79. The SMILES string of the molecule is C#CCN(CCC)S(=O)(=O)c1nnc(NC(C)=O)s1. The number of nitrogens with zero attached hydrogens (tertiary/aromatic N) is 3. The molecule has 1 rings (SSSR count). The monoisotopic (exact) mass is 302 g/mol. The molecule has 1 N–H and O–H groups in total. The summed E-state index contributed by atoms with van der Waals surface area (Å²) < 4.78 is 25.5.